The molecule has 35 heteroatoms. The first-order valence-electron chi connectivity index (χ1n) is 37.0. The molecule has 0 spiro atoms. The third-order valence-corrected chi connectivity index (χ3v) is 21.2. The number of carbonyl (C=O) groups is 10. The number of carboxylic acids is 1. The SMILES string of the molecule is CN(CCN)CCNc1cccc2c1C(=O)N(C1CCC(=O)NC1=O)C2=O.COc1cc(-c2cn(C)c(=O)c3cnccc23)cc(OC)c1CN1CC[C@H]1C(=O)NCCN(C)CCNc1cccc2c1C(=O)N(C1CCC(=O)NC1=O)C2=O.COc1cc(-c2cn(C)c(=O)c3cnccc23)cc(OC)c1CN1CC[C@H]1C(=O)O.S.S. The number of aliphatic carboxylic acids is 1. The van der Waals surface area contributed by atoms with Crippen molar-refractivity contribution in [2.45, 2.75) is 75.8 Å². The summed E-state index contributed by atoms with van der Waals surface area (Å²) < 4.78 is 26.0. The van der Waals surface area contributed by atoms with E-state index in [-0.39, 0.29) is 98.0 Å². The minimum absolute atomic E-state index is 0. The number of nitrogens with zero attached hydrogens (tertiary/aromatic N) is 10. The van der Waals surface area contributed by atoms with Crippen molar-refractivity contribution < 1.29 is 72.0 Å². The van der Waals surface area contributed by atoms with Gasteiger partial charge in [-0.05, 0) is 122 Å². The molecule has 14 rings (SSSR count). The Hall–Kier alpha value is -11.6. The van der Waals surface area contributed by atoms with Crippen LogP contribution in [-0.2, 0) is 56.0 Å². The summed E-state index contributed by atoms with van der Waals surface area (Å²) in [5, 5.41) is 25.9. The van der Waals surface area contributed by atoms with Gasteiger partial charge >= 0.3 is 5.97 Å². The number of anilines is 2. The van der Waals surface area contributed by atoms with E-state index in [0.717, 1.165) is 80.0 Å². The van der Waals surface area contributed by atoms with Gasteiger partial charge in [-0.25, -0.2) is 0 Å². The highest BCUT2D eigenvalue weighted by Gasteiger charge is 2.48. The summed E-state index contributed by atoms with van der Waals surface area (Å²) in [5.41, 5.74) is 12.2. The van der Waals surface area contributed by atoms with Gasteiger partial charge in [0.15, 0.2) is 0 Å². The zero-order chi connectivity index (χ0) is 80.6. The second-order valence-electron chi connectivity index (χ2n) is 28.3. The van der Waals surface area contributed by atoms with Crippen molar-refractivity contribution in [2.75, 3.05) is 119 Å². The third kappa shape index (κ3) is 18.0. The molecule has 0 bridgehead atoms. The van der Waals surface area contributed by atoms with E-state index in [1.54, 1.807) is 116 Å². The van der Waals surface area contributed by atoms with E-state index in [1.165, 1.54) is 9.13 Å². The molecule has 6 aliphatic rings. The van der Waals surface area contributed by atoms with Crippen LogP contribution in [0.3, 0.4) is 0 Å². The van der Waals surface area contributed by atoms with Crippen LogP contribution < -0.4 is 62.4 Å². The number of fused-ring (bicyclic) bond motifs is 4. The molecule has 4 fully saturated rings. The molecule has 4 saturated heterocycles. The number of ether oxygens (including phenoxy) is 4. The molecule has 9 amide bonds. The van der Waals surface area contributed by atoms with Crippen LogP contribution in [-0.4, -0.2) is 245 Å². The number of aromatic nitrogens is 4. The fourth-order valence-electron chi connectivity index (χ4n) is 14.9. The van der Waals surface area contributed by atoms with Gasteiger partial charge in [-0.3, -0.25) is 97.7 Å². The fraction of sp³-hybridized carbons (Fsp3) is 0.375. The number of benzene rings is 4. The van der Waals surface area contributed by atoms with Crippen LogP contribution >= 0.6 is 27.0 Å². The Kier molecular flexibility index (Phi) is 28.0. The van der Waals surface area contributed by atoms with Gasteiger partial charge in [0.05, 0.1) is 78.6 Å². The van der Waals surface area contributed by atoms with Gasteiger partial charge in [0.1, 0.15) is 41.1 Å². The van der Waals surface area contributed by atoms with Crippen molar-refractivity contribution in [3.63, 3.8) is 0 Å². The van der Waals surface area contributed by atoms with Gasteiger partial charge in [-0.2, -0.15) is 27.0 Å². The maximum Gasteiger partial charge on any atom is 0.320 e. The molecule has 0 saturated carbocycles. The lowest BCUT2D eigenvalue weighted by molar-refractivity contribution is -0.148. The zero-order valence-electron chi connectivity index (χ0n) is 65.0. The Morgan fingerprint density at radius 2 is 0.930 bits per heavy atom. The first kappa shape index (κ1) is 85.8. The van der Waals surface area contributed by atoms with Crippen molar-refractivity contribution in [2.24, 2.45) is 19.8 Å². The van der Waals surface area contributed by atoms with Crippen molar-refractivity contribution in [3.05, 3.63) is 164 Å². The Labute approximate surface area is 675 Å². The number of methoxy groups -OCH3 is 4. The molecule has 8 aromatic rings. The summed E-state index contributed by atoms with van der Waals surface area (Å²) in [6, 6.07) is 18.5. The third-order valence-electron chi connectivity index (χ3n) is 21.2. The van der Waals surface area contributed by atoms with E-state index in [0.29, 0.717) is 110 Å². The number of imide groups is 4. The van der Waals surface area contributed by atoms with E-state index >= 15 is 0 Å². The highest BCUT2D eigenvalue weighted by Crippen LogP contribution is 2.42. The summed E-state index contributed by atoms with van der Waals surface area (Å²) in [4.78, 5) is 168. The molecule has 4 aromatic heterocycles. The molecular weight excluding hydrogens is 1520 g/mol. The highest BCUT2D eigenvalue weighted by molar-refractivity contribution is 7.59. The van der Waals surface area contributed by atoms with Gasteiger partial charge < -0.3 is 64.7 Å². The lowest BCUT2D eigenvalue weighted by Crippen LogP contribution is -2.56. The number of likely N-dealkylation sites (tertiary alicyclic amines) is 2. The number of hydrogen-bond acceptors (Lipinski definition) is 25. The van der Waals surface area contributed by atoms with E-state index in [9.17, 15) is 62.6 Å². The lowest BCUT2D eigenvalue weighted by Gasteiger charge is -2.40. The summed E-state index contributed by atoms with van der Waals surface area (Å²) in [5.74, 6) is -2.66. The number of rotatable bonds is 27. The van der Waals surface area contributed by atoms with Crippen LogP contribution in [0.4, 0.5) is 11.4 Å². The van der Waals surface area contributed by atoms with Crippen LogP contribution in [0.5, 0.6) is 23.0 Å². The minimum Gasteiger partial charge on any atom is -0.496 e. The number of amides is 9. The number of pyridine rings is 4. The maximum absolute atomic E-state index is 13.4. The van der Waals surface area contributed by atoms with Gasteiger partial charge in [0.25, 0.3) is 34.7 Å². The fourth-order valence-corrected chi connectivity index (χ4v) is 14.9. The van der Waals surface area contributed by atoms with E-state index in [1.807, 2.05) is 60.3 Å². The van der Waals surface area contributed by atoms with Gasteiger partial charge in [0, 0.05) is 165 Å². The number of nitrogens with two attached hydrogens (primary N) is 1. The van der Waals surface area contributed by atoms with E-state index in [2.05, 4.69) is 46.4 Å². The molecular formula is C80H94N16O17S2. The summed E-state index contributed by atoms with van der Waals surface area (Å²) in [6.45, 7) is 6.96. The number of carbonyl (C=O) groups excluding carboxylic acids is 9. The van der Waals surface area contributed by atoms with Crippen molar-refractivity contribution >= 4 is 119 Å². The predicted octanol–water partition coefficient (Wildman–Crippen LogP) is 3.65. The number of likely N-dealkylation sites (N-methyl/N-ethyl adjacent to an activating group) is 2. The second-order valence-corrected chi connectivity index (χ2v) is 28.3. The lowest BCUT2D eigenvalue weighted by atomic mass is 9.97. The van der Waals surface area contributed by atoms with Gasteiger partial charge in [-0.15, -0.1) is 0 Å². The Morgan fingerprint density at radius 3 is 1.30 bits per heavy atom. The standard InChI is InChI=1S/C40H44N8O8.C22H23N3O5.C18H23N5O4.2H2S/c1-45(16-13-42-29-7-5-6-25-35(29)40(54)48(39(25)53)31-8-9-34(49)44-37(31)51)17-14-43-36(50)30-11-15-47(30)22-28-32(55-3)18-23(19-33(28)56-4)27-21-46(2)38(52)26-20-41-12-10-24(26)27;1-24-11-16(14-4-6-23-10-15(14)21(24)26)13-8-19(29-2)17(20(9-13)30-3)12-25-7-5-18(25)22(27)28;1-22(9-7-19)10-8-20-12-4-2-3-11-15(12)18(27)23(17(11)26)13-5-6-14(24)21-16(13)25;;/h5-7,10,12,18-21,30-31,42H,8-9,11,13-17,22H2,1-4H3,(H,43,50)(H,44,49,51);4,6,8-11,18H,5,7,12H2,1-3H3,(H,27,28);2-4,13,20H,5-10,19H2,1H3,(H,21,24,25);2*1H2/t30-,31?;18-;;;/m00.../s1. The van der Waals surface area contributed by atoms with Crippen LogP contribution in [0.15, 0.2) is 120 Å². The zero-order valence-corrected chi connectivity index (χ0v) is 67.0. The Bertz CT molecular complexity index is 5200. The normalized spacial score (nSPS) is 17.7. The van der Waals surface area contributed by atoms with Crippen molar-refractivity contribution in [3.8, 4) is 45.3 Å². The summed E-state index contributed by atoms with van der Waals surface area (Å²) >= 11 is 0. The van der Waals surface area contributed by atoms with Crippen LogP contribution in [0.1, 0.15) is 91.1 Å². The molecule has 4 atom stereocenters. The number of hydrogen-bond donors (Lipinski definition) is 7. The number of piperidine rings is 2. The molecule has 608 valence electrons. The largest absolute Gasteiger partial charge is 0.496 e. The van der Waals surface area contributed by atoms with Crippen LogP contribution in [0.25, 0.3) is 43.8 Å². The molecule has 33 nitrogen and oxygen atoms in total. The minimum atomic E-state index is -1.03. The quantitative estimate of drug-likeness (QED) is 0.0361. The van der Waals surface area contributed by atoms with Crippen LogP contribution in [0.2, 0.25) is 0 Å². The van der Waals surface area contributed by atoms with E-state index in [4.69, 9.17) is 24.7 Å². The predicted molar refractivity (Wildman–Crippen MR) is 437 cm³/mol. The molecule has 0 radical (unpaired) electrons. The van der Waals surface area contributed by atoms with E-state index < -0.39 is 71.4 Å². The molecule has 8 N–H and O–H groups in total. The molecule has 6 aliphatic heterocycles. The maximum atomic E-state index is 13.4. The number of carboxylic acid groups (broad SMARTS) is 1. The monoisotopic (exact) mass is 1610 g/mol. The first-order chi connectivity index (χ1) is 54.4. The smallest absolute Gasteiger partial charge is 0.320 e. The highest BCUT2D eigenvalue weighted by atomic mass is 32.1. The average Bonchev–Trinajstić information content (AvgIpc) is 1.74. The van der Waals surface area contributed by atoms with Crippen molar-refractivity contribution in [1.82, 2.24) is 64.5 Å². The second kappa shape index (κ2) is 37.6. The summed E-state index contributed by atoms with van der Waals surface area (Å²) in [7, 11) is 13.6. The Balaban J connectivity index is 0.000000199. The average molecular weight is 1620 g/mol. The molecule has 4 aromatic carbocycles. The van der Waals surface area contributed by atoms with Crippen LogP contribution in [0, 0.1) is 0 Å². The molecule has 10 heterocycles. The topological polar surface area (TPSA) is 403 Å². The van der Waals surface area contributed by atoms with Gasteiger partial charge in [-0.1, -0.05) is 12.1 Å². The van der Waals surface area contributed by atoms with Crippen molar-refractivity contribution in [1.29, 1.82) is 0 Å². The number of aryl methyl sites for hydroxylation is 2. The molecule has 115 heavy (non-hydrogen) atoms. The molecule has 0 aliphatic carbocycles. The molecule has 2 unspecified atom stereocenters. The Morgan fingerprint density at radius 1 is 0.530 bits per heavy atom. The first-order valence-corrected chi connectivity index (χ1v) is 37.0. The number of nitrogens with one attached hydrogen (secondary N) is 5. The van der Waals surface area contributed by atoms with Gasteiger partial charge in [0.2, 0.25) is 29.5 Å². The summed E-state index contributed by atoms with van der Waals surface area (Å²) in [6.07, 6.45) is 11.8.